The summed E-state index contributed by atoms with van der Waals surface area (Å²) in [7, 11) is 0. The number of aliphatic hydroxyl groups is 2. The van der Waals surface area contributed by atoms with Gasteiger partial charge in [0.05, 0.1) is 0 Å². The summed E-state index contributed by atoms with van der Waals surface area (Å²) in [5, 5.41) is 16.0. The van der Waals surface area contributed by atoms with Gasteiger partial charge in [0, 0.05) is 0 Å². The lowest BCUT2D eigenvalue weighted by atomic mass is 10.7. The Balaban J connectivity index is 3.06. The third-order valence-corrected chi connectivity index (χ3v) is 0.537. The van der Waals surface area contributed by atoms with Crippen molar-refractivity contribution in [1.29, 1.82) is 0 Å². The Labute approximate surface area is 51.8 Å². The van der Waals surface area contributed by atoms with Gasteiger partial charge in [-0.25, -0.2) is 4.79 Å². The van der Waals surface area contributed by atoms with Crippen LogP contribution >= 0.6 is 0 Å². The van der Waals surface area contributed by atoms with Crippen molar-refractivity contribution in [1.82, 2.24) is 0 Å². The average molecular weight is 136 g/mol. The number of esters is 1. The Bertz CT molecular complexity index is 81.0. The van der Waals surface area contributed by atoms with Gasteiger partial charge < -0.3 is 19.7 Å². The van der Waals surface area contributed by atoms with Crippen LogP contribution in [0.15, 0.2) is 0 Å². The second kappa shape index (κ2) is 5.49. The average Bonchev–Trinajstić information content (AvgIpc) is 1.85. The van der Waals surface area contributed by atoms with E-state index in [-0.39, 0.29) is 6.61 Å². The number of hydrogen-bond donors (Lipinski definition) is 2. The smallest absolute Gasteiger partial charge is 0.334 e. The number of carbonyl (C=O) groups is 1. The van der Waals surface area contributed by atoms with Gasteiger partial charge in [-0.3, -0.25) is 0 Å². The van der Waals surface area contributed by atoms with Gasteiger partial charge in [0.25, 0.3) is 0 Å². The summed E-state index contributed by atoms with van der Waals surface area (Å²) < 4.78 is 8.24. The molecule has 0 bridgehead atoms. The van der Waals surface area contributed by atoms with Gasteiger partial charge in [-0.1, -0.05) is 0 Å². The van der Waals surface area contributed by atoms with E-state index in [9.17, 15) is 4.79 Å². The summed E-state index contributed by atoms with van der Waals surface area (Å²) in [6.07, 6.45) is 0. The predicted octanol–water partition coefficient (Wildman–Crippen LogP) is -1.55. The summed E-state index contributed by atoms with van der Waals surface area (Å²) in [5.74, 6) is -0.702. The molecule has 0 amide bonds. The molecule has 0 aliphatic carbocycles. The molecule has 54 valence electrons. The van der Waals surface area contributed by atoms with Crippen LogP contribution in [0.2, 0.25) is 0 Å². The van der Waals surface area contributed by atoms with Gasteiger partial charge >= 0.3 is 5.97 Å². The molecule has 5 heteroatoms. The standard InChI is InChI=1S/C4H8O5/c5-2-8-1-4(7)9-3-6/h5-6H,1-3H2. The lowest BCUT2D eigenvalue weighted by Crippen LogP contribution is -2.13. The van der Waals surface area contributed by atoms with Crippen molar-refractivity contribution in [3.8, 4) is 0 Å². The second-order valence-electron chi connectivity index (χ2n) is 1.12. The van der Waals surface area contributed by atoms with Crippen molar-refractivity contribution in [2.75, 3.05) is 20.2 Å². The number of aliphatic hydroxyl groups excluding tert-OH is 2. The van der Waals surface area contributed by atoms with Crippen molar-refractivity contribution in [3.63, 3.8) is 0 Å². The first-order valence-corrected chi connectivity index (χ1v) is 2.26. The van der Waals surface area contributed by atoms with Crippen molar-refractivity contribution in [2.24, 2.45) is 0 Å². The Kier molecular flexibility index (Phi) is 5.09. The van der Waals surface area contributed by atoms with E-state index in [0.29, 0.717) is 0 Å². The van der Waals surface area contributed by atoms with Crippen LogP contribution in [0.1, 0.15) is 0 Å². The fourth-order valence-corrected chi connectivity index (χ4v) is 0.243. The number of ether oxygens (including phenoxy) is 2. The first kappa shape index (κ1) is 8.35. The summed E-state index contributed by atoms with van der Waals surface area (Å²) in [4.78, 5) is 10.2. The number of rotatable bonds is 4. The van der Waals surface area contributed by atoms with Crippen molar-refractivity contribution in [2.45, 2.75) is 0 Å². The van der Waals surface area contributed by atoms with Crippen LogP contribution in [0.25, 0.3) is 0 Å². The Hall–Kier alpha value is -0.650. The second-order valence-corrected chi connectivity index (χ2v) is 1.12. The van der Waals surface area contributed by atoms with E-state index >= 15 is 0 Å². The van der Waals surface area contributed by atoms with E-state index in [2.05, 4.69) is 9.47 Å². The van der Waals surface area contributed by atoms with Crippen molar-refractivity contribution >= 4 is 5.97 Å². The highest BCUT2D eigenvalue weighted by Crippen LogP contribution is 1.77. The van der Waals surface area contributed by atoms with Gasteiger partial charge in [0.1, 0.15) is 13.4 Å². The third kappa shape index (κ3) is 5.22. The maximum atomic E-state index is 10.2. The summed E-state index contributed by atoms with van der Waals surface area (Å²) in [5.41, 5.74) is 0. The molecule has 0 aromatic rings. The molecule has 5 nitrogen and oxygen atoms in total. The monoisotopic (exact) mass is 136 g/mol. The first-order valence-electron chi connectivity index (χ1n) is 2.26. The Morgan fingerprint density at radius 3 is 2.44 bits per heavy atom. The normalized spacial score (nSPS) is 9.11. The molecular formula is C4H8O5. The molecule has 0 saturated carbocycles. The molecule has 0 fully saturated rings. The zero-order chi connectivity index (χ0) is 7.11. The lowest BCUT2D eigenvalue weighted by molar-refractivity contribution is -0.160. The van der Waals surface area contributed by atoms with Gasteiger partial charge in [0.15, 0.2) is 6.79 Å². The SMILES string of the molecule is O=C(COCO)OCO. The topological polar surface area (TPSA) is 76.0 Å². The van der Waals surface area contributed by atoms with Gasteiger partial charge in [-0.15, -0.1) is 0 Å². The van der Waals surface area contributed by atoms with E-state index in [0.717, 1.165) is 0 Å². The predicted molar refractivity (Wildman–Crippen MR) is 26.2 cm³/mol. The third-order valence-electron chi connectivity index (χ3n) is 0.537. The lowest BCUT2D eigenvalue weighted by Gasteiger charge is -1.98. The molecule has 0 aromatic carbocycles. The Morgan fingerprint density at radius 2 is 2.00 bits per heavy atom. The number of hydrogen-bond acceptors (Lipinski definition) is 5. The van der Waals surface area contributed by atoms with Crippen LogP contribution in [0, 0.1) is 0 Å². The molecule has 0 heterocycles. The molecule has 9 heavy (non-hydrogen) atoms. The van der Waals surface area contributed by atoms with Crippen LogP contribution in [0.3, 0.4) is 0 Å². The number of carbonyl (C=O) groups excluding carboxylic acids is 1. The zero-order valence-electron chi connectivity index (χ0n) is 4.74. The van der Waals surface area contributed by atoms with Crippen LogP contribution in [-0.4, -0.2) is 36.4 Å². The Morgan fingerprint density at radius 1 is 1.33 bits per heavy atom. The molecule has 0 radical (unpaired) electrons. The first-order chi connectivity index (χ1) is 4.31. The van der Waals surface area contributed by atoms with Crippen LogP contribution in [-0.2, 0) is 14.3 Å². The highest BCUT2D eigenvalue weighted by Gasteiger charge is 1.98. The fraction of sp³-hybridized carbons (Fsp3) is 0.750. The highest BCUT2D eigenvalue weighted by atomic mass is 16.6. The molecular weight excluding hydrogens is 128 g/mol. The van der Waals surface area contributed by atoms with Crippen molar-refractivity contribution < 1.29 is 24.5 Å². The van der Waals surface area contributed by atoms with Crippen LogP contribution in [0.4, 0.5) is 0 Å². The van der Waals surface area contributed by atoms with Gasteiger partial charge in [0.2, 0.25) is 0 Å². The van der Waals surface area contributed by atoms with Crippen LogP contribution < -0.4 is 0 Å². The maximum absolute atomic E-state index is 10.2. The minimum atomic E-state index is -0.702. The molecule has 2 N–H and O–H groups in total. The maximum Gasteiger partial charge on any atom is 0.334 e. The highest BCUT2D eigenvalue weighted by molar-refractivity contribution is 5.70. The minimum absolute atomic E-state index is 0.336. The molecule has 0 spiro atoms. The summed E-state index contributed by atoms with van der Waals surface area (Å²) >= 11 is 0. The summed E-state index contributed by atoms with van der Waals surface area (Å²) in [6, 6.07) is 0. The van der Waals surface area contributed by atoms with Crippen LogP contribution in [0.5, 0.6) is 0 Å². The van der Waals surface area contributed by atoms with Gasteiger partial charge in [-0.2, -0.15) is 0 Å². The fourth-order valence-electron chi connectivity index (χ4n) is 0.243. The van der Waals surface area contributed by atoms with E-state index < -0.39 is 19.6 Å². The minimum Gasteiger partial charge on any atom is -0.437 e. The molecule has 0 aliphatic heterocycles. The molecule has 0 aromatic heterocycles. The van der Waals surface area contributed by atoms with E-state index in [1.165, 1.54) is 0 Å². The summed E-state index contributed by atoms with van der Waals surface area (Å²) in [6.45, 7) is -1.52. The van der Waals surface area contributed by atoms with Crippen molar-refractivity contribution in [3.05, 3.63) is 0 Å². The van der Waals surface area contributed by atoms with E-state index in [1.807, 2.05) is 0 Å². The van der Waals surface area contributed by atoms with Gasteiger partial charge in [-0.05, 0) is 0 Å². The molecule has 0 aliphatic rings. The molecule has 0 rings (SSSR count). The van der Waals surface area contributed by atoms with E-state index in [1.54, 1.807) is 0 Å². The zero-order valence-corrected chi connectivity index (χ0v) is 4.74. The quantitative estimate of drug-likeness (QED) is 0.361. The molecule has 0 unspecified atom stereocenters. The van der Waals surface area contributed by atoms with E-state index in [4.69, 9.17) is 10.2 Å². The molecule has 0 atom stereocenters. The largest absolute Gasteiger partial charge is 0.437 e. The molecule has 0 saturated heterocycles.